The van der Waals surface area contributed by atoms with Gasteiger partial charge >= 0.3 is 0 Å². The van der Waals surface area contributed by atoms with E-state index in [0.717, 1.165) is 17.4 Å². The number of nitrogens with one attached hydrogen (secondary N) is 2. The number of aromatic nitrogens is 1. The fourth-order valence-electron chi connectivity index (χ4n) is 1.52. The fourth-order valence-corrected chi connectivity index (χ4v) is 2.28. The molecule has 0 aliphatic carbocycles. The molecule has 1 aliphatic heterocycles. The van der Waals surface area contributed by atoms with Gasteiger partial charge in [-0.05, 0) is 0 Å². The van der Waals surface area contributed by atoms with E-state index in [1.165, 1.54) is 0 Å². The van der Waals surface area contributed by atoms with Crippen LogP contribution in [0.25, 0.3) is 0 Å². The van der Waals surface area contributed by atoms with Crippen molar-refractivity contribution in [2.45, 2.75) is 12.6 Å². The predicted octanol–water partition coefficient (Wildman–Crippen LogP) is 1.20. The number of nitrogens with zero attached hydrogens (tertiary/aromatic N) is 2. The summed E-state index contributed by atoms with van der Waals surface area (Å²) in [6.07, 6.45) is 3.83. The summed E-state index contributed by atoms with van der Waals surface area (Å²) >= 11 is 1.58. The first kappa shape index (κ1) is 18.2. The maximum atomic E-state index is 11.7. The van der Waals surface area contributed by atoms with Crippen LogP contribution in [0.1, 0.15) is 5.69 Å². The molecule has 2 N–H and O–H groups in total. The molecule has 0 aromatic carbocycles. The average Bonchev–Trinajstić information content (AvgIpc) is 2.97. The van der Waals surface area contributed by atoms with Gasteiger partial charge in [0, 0.05) is 26.0 Å². The Morgan fingerprint density at radius 2 is 2.32 bits per heavy atom. The minimum absolute atomic E-state index is 0. The number of hydrogen-bond acceptors (Lipinski definition) is 5. The third kappa shape index (κ3) is 4.99. The highest BCUT2D eigenvalue weighted by Gasteiger charge is 2.17. The van der Waals surface area contributed by atoms with E-state index in [1.54, 1.807) is 11.3 Å². The van der Waals surface area contributed by atoms with Crippen molar-refractivity contribution in [2.24, 2.45) is 0 Å². The number of anilines is 1. The molecule has 0 fully saturated rings. The van der Waals surface area contributed by atoms with Crippen LogP contribution in [-0.4, -0.2) is 37.6 Å². The van der Waals surface area contributed by atoms with Gasteiger partial charge in [-0.15, -0.1) is 36.2 Å². The zero-order valence-corrected chi connectivity index (χ0v) is 13.2. The number of hydrogen-bond donors (Lipinski definition) is 2. The Hall–Kier alpha value is -0.820. The molecule has 5 nitrogen and oxygen atoms in total. The molecule has 2 heterocycles. The quantitative estimate of drug-likeness (QED) is 0.817. The van der Waals surface area contributed by atoms with E-state index in [4.69, 9.17) is 0 Å². The summed E-state index contributed by atoms with van der Waals surface area (Å²) in [5.41, 5.74) is 0.897. The van der Waals surface area contributed by atoms with Gasteiger partial charge in [0.25, 0.3) is 0 Å². The van der Waals surface area contributed by atoms with Crippen LogP contribution in [-0.2, 0) is 11.3 Å². The summed E-state index contributed by atoms with van der Waals surface area (Å²) in [6, 6.07) is -0.193. The van der Waals surface area contributed by atoms with Crippen LogP contribution in [0.4, 0.5) is 5.13 Å². The van der Waals surface area contributed by atoms with Gasteiger partial charge in [0.1, 0.15) is 6.04 Å². The van der Waals surface area contributed by atoms with E-state index in [9.17, 15) is 4.79 Å². The van der Waals surface area contributed by atoms with Gasteiger partial charge in [0.2, 0.25) is 5.91 Å². The summed E-state index contributed by atoms with van der Waals surface area (Å²) in [6.45, 7) is 1.24. The van der Waals surface area contributed by atoms with Crippen molar-refractivity contribution in [3.63, 3.8) is 0 Å². The van der Waals surface area contributed by atoms with Crippen LogP contribution >= 0.6 is 36.2 Å². The van der Waals surface area contributed by atoms with Gasteiger partial charge in [0.15, 0.2) is 5.13 Å². The third-order valence-corrected chi connectivity index (χ3v) is 3.49. The van der Waals surface area contributed by atoms with E-state index in [1.807, 2.05) is 36.5 Å². The van der Waals surface area contributed by atoms with Gasteiger partial charge < -0.3 is 10.2 Å². The van der Waals surface area contributed by atoms with Crippen molar-refractivity contribution in [3.05, 3.63) is 23.2 Å². The Balaban J connectivity index is 0.00000162. The maximum Gasteiger partial charge on any atom is 0.241 e. The largest absolute Gasteiger partial charge is 0.354 e. The summed E-state index contributed by atoms with van der Waals surface area (Å²) in [4.78, 5) is 18.1. The van der Waals surface area contributed by atoms with Gasteiger partial charge in [-0.1, -0.05) is 12.2 Å². The highest BCUT2D eigenvalue weighted by atomic mass is 35.5. The fraction of sp³-hybridized carbons (Fsp3) is 0.455. The lowest BCUT2D eigenvalue weighted by molar-refractivity contribution is -0.122. The number of halogens is 2. The van der Waals surface area contributed by atoms with Crippen LogP contribution in [0.2, 0.25) is 0 Å². The maximum absolute atomic E-state index is 11.7. The van der Waals surface area contributed by atoms with Gasteiger partial charge in [-0.2, -0.15) is 0 Å². The molecule has 0 radical (unpaired) electrons. The summed E-state index contributed by atoms with van der Waals surface area (Å²) in [5.74, 6) is -0.00171. The van der Waals surface area contributed by atoms with Crippen LogP contribution in [0, 0.1) is 0 Å². The average molecular weight is 325 g/mol. The molecule has 1 aromatic heterocycles. The van der Waals surface area contributed by atoms with Crippen LogP contribution in [0.15, 0.2) is 17.5 Å². The number of rotatable bonds is 4. The lowest BCUT2D eigenvalue weighted by Crippen LogP contribution is -2.40. The van der Waals surface area contributed by atoms with Crippen molar-refractivity contribution in [3.8, 4) is 0 Å². The Morgan fingerprint density at radius 1 is 1.58 bits per heavy atom. The summed E-state index contributed by atoms with van der Waals surface area (Å²) in [7, 11) is 3.91. The molecule has 0 bridgehead atoms. The van der Waals surface area contributed by atoms with Crippen molar-refractivity contribution in [2.75, 3.05) is 25.5 Å². The zero-order valence-electron chi connectivity index (χ0n) is 10.8. The van der Waals surface area contributed by atoms with Crippen molar-refractivity contribution in [1.82, 2.24) is 15.6 Å². The number of thiazole rings is 1. The molecule has 1 amide bonds. The van der Waals surface area contributed by atoms with Crippen LogP contribution in [0.5, 0.6) is 0 Å². The second kappa shape index (κ2) is 8.37. The molecular formula is C11H18Cl2N4OS. The molecule has 8 heteroatoms. The first-order chi connectivity index (χ1) is 8.16. The van der Waals surface area contributed by atoms with Gasteiger partial charge in [0.05, 0.1) is 12.2 Å². The molecule has 0 saturated carbocycles. The smallest absolute Gasteiger partial charge is 0.241 e. The Kier molecular flexibility index (Phi) is 8.01. The van der Waals surface area contributed by atoms with E-state index in [2.05, 4.69) is 15.6 Å². The second-order valence-electron chi connectivity index (χ2n) is 4.05. The lowest BCUT2D eigenvalue weighted by Gasteiger charge is -2.09. The number of carbonyl (C=O) groups is 1. The minimum Gasteiger partial charge on any atom is -0.354 e. The zero-order chi connectivity index (χ0) is 12.3. The SMILES string of the molecule is CN(C)c1nc(CNC(=O)C2C=CCN2)cs1.Cl.Cl. The molecule has 2 rings (SSSR count). The molecule has 1 unspecified atom stereocenters. The van der Waals surface area contributed by atoms with Crippen LogP contribution < -0.4 is 15.5 Å². The lowest BCUT2D eigenvalue weighted by atomic mass is 10.3. The molecule has 19 heavy (non-hydrogen) atoms. The monoisotopic (exact) mass is 324 g/mol. The van der Waals surface area contributed by atoms with E-state index >= 15 is 0 Å². The van der Waals surface area contributed by atoms with E-state index in [-0.39, 0.29) is 36.8 Å². The first-order valence-corrected chi connectivity index (χ1v) is 6.34. The molecule has 1 aromatic rings. The number of carbonyl (C=O) groups excluding carboxylic acids is 1. The topological polar surface area (TPSA) is 57.3 Å². The van der Waals surface area contributed by atoms with E-state index < -0.39 is 0 Å². The molecular weight excluding hydrogens is 307 g/mol. The van der Waals surface area contributed by atoms with Crippen molar-refractivity contribution < 1.29 is 4.79 Å². The predicted molar refractivity (Wildman–Crippen MR) is 83.7 cm³/mol. The molecule has 108 valence electrons. The van der Waals surface area contributed by atoms with Gasteiger partial charge in [-0.3, -0.25) is 10.1 Å². The van der Waals surface area contributed by atoms with Gasteiger partial charge in [-0.25, -0.2) is 4.98 Å². The highest BCUT2D eigenvalue weighted by Crippen LogP contribution is 2.17. The Bertz CT molecular complexity index is 436. The van der Waals surface area contributed by atoms with Crippen molar-refractivity contribution in [1.29, 1.82) is 0 Å². The second-order valence-corrected chi connectivity index (χ2v) is 4.88. The van der Waals surface area contributed by atoms with Crippen molar-refractivity contribution >= 4 is 47.2 Å². The van der Waals surface area contributed by atoms with E-state index in [0.29, 0.717) is 6.54 Å². The van der Waals surface area contributed by atoms with Crippen LogP contribution in [0.3, 0.4) is 0 Å². The Labute approximate surface area is 129 Å². The number of amides is 1. The third-order valence-electron chi connectivity index (χ3n) is 2.43. The molecule has 0 saturated heterocycles. The summed E-state index contributed by atoms with van der Waals surface area (Å²) < 4.78 is 0. The molecule has 1 atom stereocenters. The normalized spacial score (nSPS) is 16.4. The minimum atomic E-state index is -0.193. The molecule has 1 aliphatic rings. The highest BCUT2D eigenvalue weighted by molar-refractivity contribution is 7.13. The standard InChI is InChI=1S/C11H16N4OS.2ClH/c1-15(2)11-14-8(7-17-11)6-13-10(16)9-4-3-5-12-9;;/h3-4,7,9,12H,5-6H2,1-2H3,(H,13,16);2*1H. The molecule has 0 spiro atoms. The summed E-state index contributed by atoms with van der Waals surface area (Å²) in [5, 5.41) is 8.85. The Morgan fingerprint density at radius 3 is 2.84 bits per heavy atom. The first-order valence-electron chi connectivity index (χ1n) is 5.46.